The van der Waals surface area contributed by atoms with Crippen molar-refractivity contribution < 1.29 is 8.42 Å². The average molecular weight is 360 g/mol. The van der Waals surface area contributed by atoms with Crippen LogP contribution in [0.2, 0.25) is 0 Å². The molecule has 0 saturated carbocycles. The van der Waals surface area contributed by atoms with Gasteiger partial charge in [0, 0.05) is 20.3 Å². The lowest BCUT2D eigenvalue weighted by Gasteiger charge is -2.19. The van der Waals surface area contributed by atoms with Gasteiger partial charge in [0.15, 0.2) is 0 Å². The third kappa shape index (κ3) is 3.15. The van der Waals surface area contributed by atoms with E-state index in [1.165, 1.54) is 13.4 Å². The summed E-state index contributed by atoms with van der Waals surface area (Å²) in [6, 6.07) is 4.93. The standard InChI is InChI=1S/C16H20N6O2S/c1-10-8-18-15-14(10)16(20-9-19-15)21-12-7-11(25(23,24)17-2)5-6-13(12)22(3)4/h5-9,17H,1-4H3,(H2,18,19,20,21). The van der Waals surface area contributed by atoms with E-state index in [1.54, 1.807) is 18.2 Å². The van der Waals surface area contributed by atoms with E-state index >= 15 is 0 Å². The Kier molecular flexibility index (Phi) is 4.36. The van der Waals surface area contributed by atoms with Crippen molar-refractivity contribution in [3.8, 4) is 0 Å². The van der Waals surface area contributed by atoms with Crippen LogP contribution < -0.4 is 14.9 Å². The molecule has 8 nitrogen and oxygen atoms in total. The Balaban J connectivity index is 2.14. The predicted molar refractivity (Wildman–Crippen MR) is 98.9 cm³/mol. The Bertz CT molecular complexity index is 1030. The lowest BCUT2D eigenvalue weighted by atomic mass is 10.2. The molecular weight excluding hydrogens is 340 g/mol. The van der Waals surface area contributed by atoms with Crippen molar-refractivity contribution in [2.45, 2.75) is 11.8 Å². The van der Waals surface area contributed by atoms with Gasteiger partial charge < -0.3 is 15.2 Å². The maximum Gasteiger partial charge on any atom is 0.240 e. The second kappa shape index (κ2) is 6.34. The number of fused-ring (bicyclic) bond motifs is 1. The van der Waals surface area contributed by atoms with E-state index in [0.29, 0.717) is 11.5 Å². The van der Waals surface area contributed by atoms with Crippen LogP contribution in [0.3, 0.4) is 0 Å². The minimum atomic E-state index is -3.54. The van der Waals surface area contributed by atoms with Gasteiger partial charge >= 0.3 is 0 Å². The zero-order valence-corrected chi connectivity index (χ0v) is 15.3. The largest absolute Gasteiger partial charge is 0.376 e. The molecule has 0 aliphatic rings. The van der Waals surface area contributed by atoms with E-state index in [1.807, 2.05) is 32.1 Å². The second-order valence-electron chi connectivity index (χ2n) is 5.82. The molecule has 0 saturated heterocycles. The number of hydrogen-bond acceptors (Lipinski definition) is 6. The number of aryl methyl sites for hydroxylation is 1. The molecule has 1 aromatic carbocycles. The van der Waals surface area contributed by atoms with Gasteiger partial charge in [-0.1, -0.05) is 0 Å². The first-order valence-corrected chi connectivity index (χ1v) is 9.12. The summed E-state index contributed by atoms with van der Waals surface area (Å²) in [7, 11) is 1.63. The summed E-state index contributed by atoms with van der Waals surface area (Å²) >= 11 is 0. The lowest BCUT2D eigenvalue weighted by molar-refractivity contribution is 0.588. The molecule has 0 amide bonds. The van der Waals surface area contributed by atoms with Crippen molar-refractivity contribution in [3.05, 3.63) is 36.3 Å². The molecule has 3 aromatic rings. The van der Waals surface area contributed by atoms with E-state index in [4.69, 9.17) is 0 Å². The molecule has 2 heterocycles. The fourth-order valence-electron chi connectivity index (χ4n) is 2.63. The number of nitrogens with zero attached hydrogens (tertiary/aromatic N) is 3. The number of nitrogens with one attached hydrogen (secondary N) is 3. The van der Waals surface area contributed by atoms with Crippen molar-refractivity contribution in [1.82, 2.24) is 19.7 Å². The summed E-state index contributed by atoms with van der Waals surface area (Å²) in [5.74, 6) is 0.617. The summed E-state index contributed by atoms with van der Waals surface area (Å²) < 4.78 is 26.6. The van der Waals surface area contributed by atoms with Crippen LogP contribution in [-0.2, 0) is 10.0 Å². The quantitative estimate of drug-likeness (QED) is 0.643. The van der Waals surface area contributed by atoms with Gasteiger partial charge in [0.1, 0.15) is 17.8 Å². The number of hydrogen-bond donors (Lipinski definition) is 3. The van der Waals surface area contributed by atoms with Crippen molar-refractivity contribution in [3.63, 3.8) is 0 Å². The highest BCUT2D eigenvalue weighted by Gasteiger charge is 2.17. The Labute approximate surface area is 146 Å². The van der Waals surface area contributed by atoms with E-state index in [9.17, 15) is 8.42 Å². The fourth-order valence-corrected chi connectivity index (χ4v) is 3.39. The van der Waals surface area contributed by atoms with Gasteiger partial charge in [-0.2, -0.15) is 0 Å². The normalized spacial score (nSPS) is 11.7. The highest BCUT2D eigenvalue weighted by Crippen LogP contribution is 2.32. The Morgan fingerprint density at radius 1 is 1.20 bits per heavy atom. The van der Waals surface area contributed by atoms with E-state index < -0.39 is 10.0 Å². The Morgan fingerprint density at radius 3 is 2.64 bits per heavy atom. The number of H-pyrrole nitrogens is 1. The summed E-state index contributed by atoms with van der Waals surface area (Å²) in [5.41, 5.74) is 3.21. The van der Waals surface area contributed by atoms with Crippen molar-refractivity contribution in [1.29, 1.82) is 0 Å². The van der Waals surface area contributed by atoms with Crippen LogP contribution in [0, 0.1) is 6.92 Å². The highest BCUT2D eigenvalue weighted by molar-refractivity contribution is 7.89. The SMILES string of the molecule is CNS(=O)(=O)c1ccc(N(C)C)c(Nc2ncnc3[nH]cc(C)c23)c1. The third-order valence-electron chi connectivity index (χ3n) is 3.95. The molecule has 3 N–H and O–H groups in total. The van der Waals surface area contributed by atoms with Gasteiger partial charge in [-0.15, -0.1) is 0 Å². The molecule has 132 valence electrons. The van der Waals surface area contributed by atoms with Gasteiger partial charge in [0.05, 0.1) is 21.7 Å². The van der Waals surface area contributed by atoms with Gasteiger partial charge in [0.25, 0.3) is 0 Å². The molecule has 9 heteroatoms. The van der Waals surface area contributed by atoms with E-state index in [-0.39, 0.29) is 4.90 Å². The Hall–Kier alpha value is -2.65. The lowest BCUT2D eigenvalue weighted by Crippen LogP contribution is -2.19. The van der Waals surface area contributed by atoms with Crippen molar-refractivity contribution >= 4 is 38.2 Å². The minimum Gasteiger partial charge on any atom is -0.376 e. The molecule has 0 radical (unpaired) electrons. The summed E-state index contributed by atoms with van der Waals surface area (Å²) in [5, 5.41) is 4.12. The zero-order valence-electron chi connectivity index (χ0n) is 14.5. The summed E-state index contributed by atoms with van der Waals surface area (Å²) in [4.78, 5) is 13.7. The molecule has 0 atom stereocenters. The number of benzene rings is 1. The molecule has 0 fully saturated rings. The van der Waals surface area contributed by atoms with Crippen LogP contribution in [0.4, 0.5) is 17.2 Å². The fraction of sp³-hybridized carbons (Fsp3) is 0.250. The van der Waals surface area contributed by atoms with E-state index in [0.717, 1.165) is 22.3 Å². The topological polar surface area (TPSA) is 103 Å². The number of aromatic nitrogens is 3. The van der Waals surface area contributed by atoms with Gasteiger partial charge in [-0.05, 0) is 37.7 Å². The van der Waals surface area contributed by atoms with Crippen molar-refractivity contribution in [2.75, 3.05) is 31.4 Å². The molecule has 0 unspecified atom stereocenters. The molecule has 0 aliphatic carbocycles. The first kappa shape index (κ1) is 17.2. The van der Waals surface area contributed by atoms with Crippen LogP contribution in [-0.4, -0.2) is 44.5 Å². The van der Waals surface area contributed by atoms with Crippen LogP contribution in [0.5, 0.6) is 0 Å². The third-order valence-corrected chi connectivity index (χ3v) is 5.36. The maximum absolute atomic E-state index is 12.1. The monoisotopic (exact) mass is 360 g/mol. The number of anilines is 3. The smallest absolute Gasteiger partial charge is 0.240 e. The molecule has 25 heavy (non-hydrogen) atoms. The Morgan fingerprint density at radius 2 is 1.96 bits per heavy atom. The zero-order chi connectivity index (χ0) is 18.2. The number of aromatic amines is 1. The molecule has 3 rings (SSSR count). The first-order chi connectivity index (χ1) is 11.8. The minimum absolute atomic E-state index is 0.180. The molecule has 2 aromatic heterocycles. The van der Waals surface area contributed by atoms with Crippen LogP contribution >= 0.6 is 0 Å². The van der Waals surface area contributed by atoms with Crippen LogP contribution in [0.1, 0.15) is 5.56 Å². The average Bonchev–Trinajstić information content (AvgIpc) is 2.97. The van der Waals surface area contributed by atoms with Crippen LogP contribution in [0.15, 0.2) is 35.6 Å². The van der Waals surface area contributed by atoms with Crippen molar-refractivity contribution in [2.24, 2.45) is 0 Å². The van der Waals surface area contributed by atoms with Gasteiger partial charge in [-0.25, -0.2) is 23.1 Å². The van der Waals surface area contributed by atoms with E-state index in [2.05, 4.69) is 25.0 Å². The first-order valence-electron chi connectivity index (χ1n) is 7.64. The predicted octanol–water partition coefficient (Wildman–Crippen LogP) is 1.98. The molecule has 0 spiro atoms. The molecule has 0 aliphatic heterocycles. The van der Waals surface area contributed by atoms with Gasteiger partial charge in [0.2, 0.25) is 10.0 Å². The molecular formula is C16H20N6O2S. The van der Waals surface area contributed by atoms with Crippen LogP contribution in [0.25, 0.3) is 11.0 Å². The second-order valence-corrected chi connectivity index (χ2v) is 7.71. The number of sulfonamides is 1. The maximum atomic E-state index is 12.1. The summed E-state index contributed by atoms with van der Waals surface area (Å²) in [6.45, 7) is 1.96. The van der Waals surface area contributed by atoms with Gasteiger partial charge in [-0.3, -0.25) is 0 Å². The highest BCUT2D eigenvalue weighted by atomic mass is 32.2. The molecule has 0 bridgehead atoms. The number of rotatable bonds is 5. The summed E-state index contributed by atoms with van der Waals surface area (Å²) in [6.07, 6.45) is 3.32.